The third kappa shape index (κ3) is 4.92. The van der Waals surface area contributed by atoms with E-state index in [0.717, 1.165) is 55.5 Å². The number of hydrogen-bond donors (Lipinski definition) is 1. The number of fused-ring (bicyclic) bond motifs is 1. The average Bonchev–Trinajstić information content (AvgIpc) is 3.24. The molecule has 31 heavy (non-hydrogen) atoms. The van der Waals surface area contributed by atoms with Crippen LogP contribution in [-0.2, 0) is 0 Å². The molecule has 1 unspecified atom stereocenters. The number of pyridine rings is 1. The number of nitrogens with zero attached hydrogens (tertiary/aromatic N) is 3. The van der Waals surface area contributed by atoms with Gasteiger partial charge < -0.3 is 15.1 Å². The topological polar surface area (TPSA) is 48.5 Å². The second kappa shape index (κ2) is 9.54. The zero-order chi connectivity index (χ0) is 21.8. The average molecular weight is 421 g/mol. The highest BCUT2D eigenvalue weighted by Gasteiger charge is 2.30. The van der Waals surface area contributed by atoms with Crippen LogP contribution in [0.2, 0.25) is 0 Å². The van der Waals surface area contributed by atoms with E-state index in [0.29, 0.717) is 11.3 Å². The fourth-order valence-electron chi connectivity index (χ4n) is 4.16. The van der Waals surface area contributed by atoms with Gasteiger partial charge in [-0.25, -0.2) is 9.37 Å². The molecular formula is C25H29FN4O. The fourth-order valence-corrected chi connectivity index (χ4v) is 4.16. The Hall–Kier alpha value is -2.83. The molecule has 1 aromatic heterocycles. The molecule has 1 N–H and O–H groups in total. The van der Waals surface area contributed by atoms with E-state index < -0.39 is 0 Å². The molecule has 1 fully saturated rings. The van der Waals surface area contributed by atoms with Crippen molar-refractivity contribution in [2.24, 2.45) is 0 Å². The van der Waals surface area contributed by atoms with Gasteiger partial charge in [0.25, 0.3) is 5.91 Å². The van der Waals surface area contributed by atoms with Gasteiger partial charge in [0.15, 0.2) is 0 Å². The highest BCUT2D eigenvalue weighted by atomic mass is 19.1. The van der Waals surface area contributed by atoms with Gasteiger partial charge in [0.1, 0.15) is 5.82 Å². The lowest BCUT2D eigenvalue weighted by atomic mass is 10.0. The van der Waals surface area contributed by atoms with Gasteiger partial charge in [-0.15, -0.1) is 0 Å². The van der Waals surface area contributed by atoms with E-state index in [-0.39, 0.29) is 17.8 Å². The van der Waals surface area contributed by atoms with Crippen molar-refractivity contribution >= 4 is 16.8 Å². The second-order valence-electron chi connectivity index (χ2n) is 8.38. The first-order valence-electron chi connectivity index (χ1n) is 10.8. The minimum Gasteiger partial charge on any atom is -0.334 e. The molecule has 162 valence electrons. The van der Waals surface area contributed by atoms with Crippen molar-refractivity contribution in [2.45, 2.75) is 18.9 Å². The number of benzene rings is 2. The molecule has 3 aromatic rings. The Balaban J connectivity index is 1.63. The van der Waals surface area contributed by atoms with E-state index >= 15 is 0 Å². The van der Waals surface area contributed by atoms with E-state index in [9.17, 15) is 9.18 Å². The predicted molar refractivity (Wildman–Crippen MR) is 123 cm³/mol. The minimum absolute atomic E-state index is 0.0406. The third-order valence-electron chi connectivity index (χ3n) is 5.84. The third-order valence-corrected chi connectivity index (χ3v) is 5.84. The van der Waals surface area contributed by atoms with Gasteiger partial charge in [0, 0.05) is 43.2 Å². The highest BCUT2D eigenvalue weighted by molar-refractivity contribution is 6.07. The maximum atomic E-state index is 13.7. The summed E-state index contributed by atoms with van der Waals surface area (Å²) >= 11 is 0. The molecule has 2 aromatic carbocycles. The van der Waals surface area contributed by atoms with Gasteiger partial charge in [-0.2, -0.15) is 0 Å². The zero-order valence-corrected chi connectivity index (χ0v) is 18.1. The number of nitrogens with one attached hydrogen (secondary N) is 1. The lowest BCUT2D eigenvalue weighted by Gasteiger charge is -2.26. The number of para-hydroxylation sites is 1. The molecule has 1 amide bonds. The molecule has 4 rings (SSSR count). The van der Waals surface area contributed by atoms with Gasteiger partial charge in [-0.3, -0.25) is 4.79 Å². The zero-order valence-electron chi connectivity index (χ0n) is 18.1. The molecule has 5 nitrogen and oxygen atoms in total. The Kier molecular flexibility index (Phi) is 6.59. The maximum absolute atomic E-state index is 13.7. The van der Waals surface area contributed by atoms with E-state index in [2.05, 4.69) is 24.3 Å². The van der Waals surface area contributed by atoms with Crippen molar-refractivity contribution in [3.63, 3.8) is 0 Å². The number of hydrogen-bond acceptors (Lipinski definition) is 4. The minimum atomic E-state index is -0.289. The van der Waals surface area contributed by atoms with Crippen LogP contribution in [0.15, 0.2) is 54.6 Å². The number of rotatable bonds is 7. The summed E-state index contributed by atoms with van der Waals surface area (Å²) in [5.41, 5.74) is 2.91. The van der Waals surface area contributed by atoms with E-state index in [1.165, 1.54) is 12.1 Å². The Labute approximate surface area is 182 Å². The molecule has 1 atom stereocenters. The summed E-state index contributed by atoms with van der Waals surface area (Å²) in [7, 11) is 4.11. The van der Waals surface area contributed by atoms with Crippen molar-refractivity contribution in [1.82, 2.24) is 20.1 Å². The Morgan fingerprint density at radius 3 is 2.74 bits per heavy atom. The van der Waals surface area contributed by atoms with Crippen LogP contribution in [0.4, 0.5) is 4.39 Å². The molecule has 0 aliphatic carbocycles. The lowest BCUT2D eigenvalue weighted by Crippen LogP contribution is -2.43. The molecule has 0 bridgehead atoms. The van der Waals surface area contributed by atoms with Crippen LogP contribution in [0.3, 0.4) is 0 Å². The number of amides is 1. The van der Waals surface area contributed by atoms with Crippen LogP contribution in [0.5, 0.6) is 0 Å². The largest absolute Gasteiger partial charge is 0.334 e. The SMILES string of the molecule is CN(C)CCNCC1CCCN1C(=O)c1cc(-c2ccc(F)cc2)nc2ccccc12. The molecule has 1 saturated heterocycles. The molecule has 0 saturated carbocycles. The lowest BCUT2D eigenvalue weighted by molar-refractivity contribution is 0.0737. The predicted octanol–water partition coefficient (Wildman–Crippen LogP) is 3.80. The normalized spacial score (nSPS) is 16.4. The summed E-state index contributed by atoms with van der Waals surface area (Å²) in [5.74, 6) is -0.249. The fraction of sp³-hybridized carbons (Fsp3) is 0.360. The standard InChI is InChI=1S/C25H29FN4O/c1-29(2)15-13-27-17-20-6-5-14-30(20)25(31)22-16-24(18-9-11-19(26)12-10-18)28-23-8-4-3-7-21(22)23/h3-4,7-12,16,20,27H,5-6,13-15,17H2,1-2H3. The molecular weight excluding hydrogens is 391 g/mol. The van der Waals surface area contributed by atoms with Gasteiger partial charge in [0.2, 0.25) is 0 Å². The summed E-state index contributed by atoms with van der Waals surface area (Å²) in [6.07, 6.45) is 2.02. The summed E-state index contributed by atoms with van der Waals surface area (Å²) in [6, 6.07) is 16.0. The van der Waals surface area contributed by atoms with E-state index in [1.54, 1.807) is 12.1 Å². The van der Waals surface area contributed by atoms with Gasteiger partial charge >= 0.3 is 0 Å². The van der Waals surface area contributed by atoms with Crippen LogP contribution in [0, 0.1) is 5.82 Å². The molecule has 2 heterocycles. The van der Waals surface area contributed by atoms with Gasteiger partial charge in [-0.1, -0.05) is 18.2 Å². The molecule has 6 heteroatoms. The van der Waals surface area contributed by atoms with Crippen LogP contribution < -0.4 is 5.32 Å². The quantitative estimate of drug-likeness (QED) is 0.591. The second-order valence-corrected chi connectivity index (χ2v) is 8.38. The first-order chi connectivity index (χ1) is 15.0. The summed E-state index contributed by atoms with van der Waals surface area (Å²) in [6.45, 7) is 3.43. The molecule has 1 aliphatic rings. The Morgan fingerprint density at radius 1 is 1.19 bits per heavy atom. The first kappa shape index (κ1) is 21.4. The molecule has 0 spiro atoms. The van der Waals surface area contributed by atoms with Crippen molar-refractivity contribution in [2.75, 3.05) is 40.3 Å². The van der Waals surface area contributed by atoms with E-state index in [1.807, 2.05) is 35.2 Å². The van der Waals surface area contributed by atoms with Crippen LogP contribution in [0.25, 0.3) is 22.2 Å². The molecule has 1 aliphatic heterocycles. The number of likely N-dealkylation sites (N-methyl/N-ethyl adjacent to an activating group) is 1. The summed E-state index contributed by atoms with van der Waals surface area (Å²) in [5, 5.41) is 4.34. The van der Waals surface area contributed by atoms with Crippen LogP contribution >= 0.6 is 0 Å². The number of carbonyl (C=O) groups excluding carboxylic acids is 1. The van der Waals surface area contributed by atoms with Crippen molar-refractivity contribution in [3.8, 4) is 11.3 Å². The number of likely N-dealkylation sites (tertiary alicyclic amines) is 1. The number of carbonyl (C=O) groups is 1. The Bertz CT molecular complexity index is 1050. The smallest absolute Gasteiger partial charge is 0.254 e. The van der Waals surface area contributed by atoms with Gasteiger partial charge in [-0.05, 0) is 63.3 Å². The van der Waals surface area contributed by atoms with Crippen molar-refractivity contribution in [3.05, 3.63) is 66.0 Å². The first-order valence-corrected chi connectivity index (χ1v) is 10.8. The highest BCUT2D eigenvalue weighted by Crippen LogP contribution is 2.28. The Morgan fingerprint density at radius 2 is 1.97 bits per heavy atom. The maximum Gasteiger partial charge on any atom is 0.254 e. The van der Waals surface area contributed by atoms with E-state index in [4.69, 9.17) is 4.98 Å². The van der Waals surface area contributed by atoms with Crippen LogP contribution in [-0.4, -0.2) is 67.0 Å². The van der Waals surface area contributed by atoms with Crippen molar-refractivity contribution in [1.29, 1.82) is 0 Å². The number of halogens is 1. The monoisotopic (exact) mass is 420 g/mol. The summed E-state index contributed by atoms with van der Waals surface area (Å²) in [4.78, 5) is 22.5. The number of aromatic nitrogens is 1. The van der Waals surface area contributed by atoms with Crippen molar-refractivity contribution < 1.29 is 9.18 Å². The molecule has 0 radical (unpaired) electrons. The van der Waals surface area contributed by atoms with Gasteiger partial charge in [0.05, 0.1) is 16.8 Å². The summed E-state index contributed by atoms with van der Waals surface area (Å²) < 4.78 is 13.4. The van der Waals surface area contributed by atoms with Crippen LogP contribution in [0.1, 0.15) is 23.2 Å².